The molecule has 3 rings (SSSR count). The van der Waals surface area contributed by atoms with E-state index in [1.807, 2.05) is 0 Å². The number of aromatic nitrogens is 2. The summed E-state index contributed by atoms with van der Waals surface area (Å²) in [4.78, 5) is 37.2. The highest BCUT2D eigenvalue weighted by molar-refractivity contribution is 6.30. The first kappa shape index (κ1) is 20.3. The molecule has 1 aromatic heterocycles. The van der Waals surface area contributed by atoms with Crippen LogP contribution in [0.4, 0.5) is 0 Å². The Morgan fingerprint density at radius 2 is 1.72 bits per heavy atom. The van der Waals surface area contributed by atoms with Crippen molar-refractivity contribution in [1.82, 2.24) is 9.78 Å². The molecule has 0 spiro atoms. The molecule has 148 valence electrons. The molecule has 3 aromatic rings. The van der Waals surface area contributed by atoms with Gasteiger partial charge >= 0.3 is 11.9 Å². The van der Waals surface area contributed by atoms with Crippen molar-refractivity contribution in [3.8, 4) is 5.69 Å². The van der Waals surface area contributed by atoms with Crippen LogP contribution >= 0.6 is 11.6 Å². The Bertz CT molecular complexity index is 1090. The van der Waals surface area contributed by atoms with Crippen LogP contribution in [-0.2, 0) is 14.3 Å². The number of benzene rings is 2. The van der Waals surface area contributed by atoms with Crippen LogP contribution in [0.5, 0.6) is 0 Å². The fraction of sp³-hybridized carbons (Fsp3) is 0.143. The molecule has 29 heavy (non-hydrogen) atoms. The fourth-order valence-corrected chi connectivity index (χ4v) is 2.81. The average molecular weight is 413 g/mol. The van der Waals surface area contributed by atoms with E-state index in [2.05, 4.69) is 5.10 Å². The van der Waals surface area contributed by atoms with Gasteiger partial charge in [0.1, 0.15) is 0 Å². The van der Waals surface area contributed by atoms with Gasteiger partial charge in [-0.1, -0.05) is 41.9 Å². The topological polar surface area (TPSA) is 87.5 Å². The summed E-state index contributed by atoms with van der Waals surface area (Å²) in [7, 11) is 1.18. The summed E-state index contributed by atoms with van der Waals surface area (Å²) in [5.74, 6) is -1.80. The summed E-state index contributed by atoms with van der Waals surface area (Å²) in [5.41, 5.74) is 0.470. The van der Waals surface area contributed by atoms with Gasteiger partial charge in [0.2, 0.25) is 17.2 Å². The van der Waals surface area contributed by atoms with Gasteiger partial charge in [-0.15, -0.1) is 0 Å². The van der Waals surface area contributed by atoms with Crippen molar-refractivity contribution in [2.24, 2.45) is 0 Å². The van der Waals surface area contributed by atoms with Crippen LogP contribution in [0.1, 0.15) is 27.8 Å². The number of halogens is 1. The van der Waals surface area contributed by atoms with E-state index in [0.717, 1.165) is 0 Å². The number of aryl methyl sites for hydroxylation is 1. The van der Waals surface area contributed by atoms with Crippen LogP contribution in [0.25, 0.3) is 5.69 Å². The lowest BCUT2D eigenvalue weighted by Crippen LogP contribution is -2.27. The number of methoxy groups -OCH3 is 1. The van der Waals surface area contributed by atoms with Crippen LogP contribution in [0.3, 0.4) is 0 Å². The summed E-state index contributed by atoms with van der Waals surface area (Å²) in [6, 6.07) is 16.4. The molecule has 0 saturated heterocycles. The average Bonchev–Trinajstić information content (AvgIpc) is 2.73. The second-order valence-electron chi connectivity index (χ2n) is 6.11. The van der Waals surface area contributed by atoms with Crippen molar-refractivity contribution >= 4 is 23.5 Å². The molecule has 0 radical (unpaired) electrons. The van der Waals surface area contributed by atoms with E-state index in [4.69, 9.17) is 21.1 Å². The summed E-state index contributed by atoms with van der Waals surface area (Å²) in [5, 5.41) is 4.68. The summed E-state index contributed by atoms with van der Waals surface area (Å²) in [6.07, 6.45) is -1.32. The Labute approximate surface area is 171 Å². The maximum absolute atomic E-state index is 12.7. The van der Waals surface area contributed by atoms with Gasteiger partial charge in [-0.25, -0.2) is 14.3 Å². The van der Waals surface area contributed by atoms with Crippen molar-refractivity contribution in [3.63, 3.8) is 0 Å². The van der Waals surface area contributed by atoms with E-state index in [-0.39, 0.29) is 0 Å². The fourth-order valence-electron chi connectivity index (χ4n) is 2.68. The Hall–Kier alpha value is -3.45. The zero-order valence-electron chi connectivity index (χ0n) is 15.7. The van der Waals surface area contributed by atoms with Crippen LogP contribution in [0.15, 0.2) is 65.5 Å². The maximum atomic E-state index is 12.7. The number of hydrogen-bond donors (Lipinski definition) is 0. The van der Waals surface area contributed by atoms with Gasteiger partial charge in [-0.3, -0.25) is 4.79 Å². The van der Waals surface area contributed by atoms with Crippen molar-refractivity contribution in [2.75, 3.05) is 7.11 Å². The highest BCUT2D eigenvalue weighted by atomic mass is 35.5. The summed E-state index contributed by atoms with van der Waals surface area (Å²) in [6.45, 7) is 1.68. The van der Waals surface area contributed by atoms with Gasteiger partial charge in [-0.2, -0.15) is 5.10 Å². The molecule has 1 atom stereocenters. The predicted octanol–water partition coefficient (Wildman–Crippen LogP) is 3.27. The first-order valence-electron chi connectivity index (χ1n) is 8.61. The molecule has 0 N–H and O–H groups in total. The van der Waals surface area contributed by atoms with E-state index >= 15 is 0 Å². The summed E-state index contributed by atoms with van der Waals surface area (Å²) >= 11 is 5.91. The normalized spacial score (nSPS) is 11.6. The van der Waals surface area contributed by atoms with Crippen LogP contribution < -0.4 is 5.43 Å². The van der Waals surface area contributed by atoms with E-state index in [9.17, 15) is 14.4 Å². The summed E-state index contributed by atoms with van der Waals surface area (Å²) < 4.78 is 11.4. The number of nitrogens with zero attached hydrogens (tertiary/aromatic N) is 2. The molecule has 0 aliphatic carbocycles. The Balaban J connectivity index is 1.97. The smallest absolute Gasteiger partial charge is 0.364 e. The number of ether oxygens (including phenoxy) is 2. The number of carbonyl (C=O) groups excluding carboxylic acids is 2. The molecule has 8 heteroatoms. The Morgan fingerprint density at radius 1 is 1.07 bits per heavy atom. The van der Waals surface area contributed by atoms with Gasteiger partial charge < -0.3 is 9.47 Å². The number of rotatable bonds is 5. The second kappa shape index (κ2) is 8.70. The third-order valence-electron chi connectivity index (χ3n) is 4.11. The molecule has 0 aliphatic rings. The van der Waals surface area contributed by atoms with E-state index in [1.54, 1.807) is 61.5 Å². The number of hydrogen-bond acceptors (Lipinski definition) is 6. The van der Waals surface area contributed by atoms with Crippen molar-refractivity contribution in [2.45, 2.75) is 13.0 Å². The molecule has 0 bridgehead atoms. The molecule has 0 aliphatic heterocycles. The monoisotopic (exact) mass is 412 g/mol. The first-order valence-corrected chi connectivity index (χ1v) is 8.99. The molecule has 7 nitrogen and oxygen atoms in total. The molecule has 1 unspecified atom stereocenters. The van der Waals surface area contributed by atoms with E-state index in [1.165, 1.54) is 17.9 Å². The minimum atomic E-state index is -1.32. The standard InChI is InChI=1S/C21H17ClN2O5/c1-13-12-17(25)18(23-24(13)16-10-8-15(22)9-11-16)20(26)29-19(21(27)28-2)14-6-4-3-5-7-14/h3-12,19H,1-2H3. The van der Waals surface area contributed by atoms with Crippen LogP contribution in [0, 0.1) is 6.92 Å². The lowest BCUT2D eigenvalue weighted by molar-refractivity contribution is -0.151. The molecule has 0 fully saturated rings. The molecule has 1 heterocycles. The second-order valence-corrected chi connectivity index (χ2v) is 6.54. The Kier molecular flexibility index (Phi) is 6.09. The minimum absolute atomic E-state index is 0.415. The van der Waals surface area contributed by atoms with Gasteiger partial charge in [-0.05, 0) is 31.2 Å². The van der Waals surface area contributed by atoms with Gasteiger partial charge in [0.25, 0.3) is 0 Å². The minimum Gasteiger partial charge on any atom is -0.466 e. The molecular formula is C21H17ClN2O5. The maximum Gasteiger partial charge on any atom is 0.364 e. The number of esters is 2. The molecule has 0 amide bonds. The zero-order valence-corrected chi connectivity index (χ0v) is 16.4. The molecular weight excluding hydrogens is 396 g/mol. The lowest BCUT2D eigenvalue weighted by Gasteiger charge is -2.16. The number of carbonyl (C=O) groups is 2. The molecule has 0 saturated carbocycles. The van der Waals surface area contributed by atoms with Crippen molar-refractivity contribution in [1.29, 1.82) is 0 Å². The van der Waals surface area contributed by atoms with Gasteiger partial charge in [0, 0.05) is 22.3 Å². The first-order chi connectivity index (χ1) is 13.9. The zero-order chi connectivity index (χ0) is 21.0. The SMILES string of the molecule is COC(=O)C(OC(=O)c1nn(-c2ccc(Cl)cc2)c(C)cc1=O)c1ccccc1. The van der Waals surface area contributed by atoms with Crippen molar-refractivity contribution < 1.29 is 19.1 Å². The molecule has 2 aromatic carbocycles. The van der Waals surface area contributed by atoms with Gasteiger partial charge in [0.05, 0.1) is 12.8 Å². The van der Waals surface area contributed by atoms with E-state index in [0.29, 0.717) is 22.0 Å². The lowest BCUT2D eigenvalue weighted by atomic mass is 10.1. The quantitative estimate of drug-likeness (QED) is 0.598. The third-order valence-corrected chi connectivity index (χ3v) is 4.37. The van der Waals surface area contributed by atoms with E-state index < -0.39 is 29.2 Å². The van der Waals surface area contributed by atoms with Gasteiger partial charge in [0.15, 0.2) is 0 Å². The van der Waals surface area contributed by atoms with Crippen molar-refractivity contribution in [3.05, 3.63) is 92.9 Å². The highest BCUT2D eigenvalue weighted by Gasteiger charge is 2.28. The third kappa shape index (κ3) is 4.52. The largest absolute Gasteiger partial charge is 0.466 e. The van der Waals surface area contributed by atoms with Crippen LogP contribution in [0.2, 0.25) is 5.02 Å². The highest BCUT2D eigenvalue weighted by Crippen LogP contribution is 2.20. The predicted molar refractivity (Wildman–Crippen MR) is 106 cm³/mol. The Morgan fingerprint density at radius 3 is 2.34 bits per heavy atom. The van der Waals surface area contributed by atoms with Crippen LogP contribution in [-0.4, -0.2) is 28.8 Å².